The summed E-state index contributed by atoms with van der Waals surface area (Å²) < 4.78 is 0. The topological polar surface area (TPSA) is 37.3 Å². The first kappa shape index (κ1) is 14.7. The maximum Gasteiger partial charge on any atom is 0.331 e. The number of carboxylic acids is 1. The summed E-state index contributed by atoms with van der Waals surface area (Å²) in [5.41, 5.74) is 1.61. The first-order valence-electron chi connectivity index (χ1n) is 6.78. The second kappa shape index (κ2) is 7.20. The van der Waals surface area contributed by atoms with Gasteiger partial charge in [0, 0.05) is 5.57 Å². The van der Waals surface area contributed by atoms with Gasteiger partial charge in [-0.15, -0.1) is 0 Å². The smallest absolute Gasteiger partial charge is 0.331 e. The lowest BCUT2D eigenvalue weighted by Gasteiger charge is -2.21. The van der Waals surface area contributed by atoms with Crippen LogP contribution in [-0.4, -0.2) is 11.1 Å². The molecule has 0 amide bonds. The van der Waals surface area contributed by atoms with Crippen LogP contribution in [0, 0.1) is 11.8 Å². The molecule has 0 aromatic carbocycles. The molecule has 1 rings (SSSR count). The Morgan fingerprint density at radius 2 is 2.11 bits per heavy atom. The van der Waals surface area contributed by atoms with Crippen LogP contribution in [0.25, 0.3) is 0 Å². The number of carbonyl (C=O) groups is 1. The Morgan fingerprint density at radius 3 is 2.72 bits per heavy atom. The van der Waals surface area contributed by atoms with Gasteiger partial charge < -0.3 is 5.11 Å². The Bertz CT molecular complexity index is 352. The van der Waals surface area contributed by atoms with Crippen molar-refractivity contribution in [3.63, 3.8) is 0 Å². The molecule has 1 N–H and O–H groups in total. The van der Waals surface area contributed by atoms with Crippen LogP contribution in [0.1, 0.15) is 45.4 Å². The van der Waals surface area contributed by atoms with Crippen molar-refractivity contribution in [2.75, 3.05) is 0 Å². The number of aliphatic carboxylic acids is 1. The zero-order valence-electron chi connectivity index (χ0n) is 11.3. The number of rotatable bonds is 3. The van der Waals surface area contributed by atoms with Crippen LogP contribution in [0.3, 0.4) is 0 Å². The van der Waals surface area contributed by atoms with Crippen LogP contribution in [0.5, 0.6) is 0 Å². The molecule has 0 aliphatic heterocycles. The van der Waals surface area contributed by atoms with Gasteiger partial charge in [0.2, 0.25) is 0 Å². The number of carboxylic acid groups (broad SMARTS) is 1. The number of hydrogen-bond donors (Lipinski definition) is 1. The van der Waals surface area contributed by atoms with Crippen molar-refractivity contribution in [3.8, 4) is 0 Å². The van der Waals surface area contributed by atoms with Crippen LogP contribution in [0.2, 0.25) is 0 Å². The van der Waals surface area contributed by atoms with Gasteiger partial charge in [0.25, 0.3) is 0 Å². The van der Waals surface area contributed by atoms with Crippen molar-refractivity contribution in [3.05, 3.63) is 36.5 Å². The van der Waals surface area contributed by atoms with Gasteiger partial charge in [-0.2, -0.15) is 0 Å². The third kappa shape index (κ3) is 4.52. The summed E-state index contributed by atoms with van der Waals surface area (Å²) in [7, 11) is 0. The first-order valence-corrected chi connectivity index (χ1v) is 6.78. The maximum atomic E-state index is 11.0. The zero-order valence-corrected chi connectivity index (χ0v) is 11.3. The molecule has 1 aliphatic carbocycles. The maximum absolute atomic E-state index is 11.0. The first-order chi connectivity index (χ1) is 8.54. The lowest BCUT2D eigenvalue weighted by molar-refractivity contribution is -0.133. The monoisotopic (exact) mass is 248 g/mol. The SMILES string of the molecule is C=C/C1=C/CCC(C)CCC(C(=C)C(=O)O)CC1. The van der Waals surface area contributed by atoms with Gasteiger partial charge in [-0.1, -0.05) is 44.2 Å². The average molecular weight is 248 g/mol. The standard InChI is InChI=1S/C16H24O2/c1-4-14-7-5-6-12(2)8-10-15(11-9-14)13(3)16(17)18/h4,7,12,15H,1,3,5-6,8-11H2,2H3,(H,17,18)/b14-7-. The molecule has 100 valence electrons. The van der Waals surface area contributed by atoms with E-state index in [1.54, 1.807) is 0 Å². The molecular formula is C16H24O2. The second-order valence-corrected chi connectivity index (χ2v) is 5.31. The Morgan fingerprint density at radius 1 is 1.39 bits per heavy atom. The molecule has 0 bridgehead atoms. The van der Waals surface area contributed by atoms with Crippen molar-refractivity contribution in [2.45, 2.75) is 45.4 Å². The summed E-state index contributed by atoms with van der Waals surface area (Å²) >= 11 is 0. The van der Waals surface area contributed by atoms with Crippen LogP contribution < -0.4 is 0 Å². The van der Waals surface area contributed by atoms with E-state index >= 15 is 0 Å². The normalized spacial score (nSPS) is 28.8. The molecule has 2 nitrogen and oxygen atoms in total. The summed E-state index contributed by atoms with van der Waals surface area (Å²) in [6.07, 6.45) is 10.2. The van der Waals surface area contributed by atoms with E-state index in [-0.39, 0.29) is 5.92 Å². The van der Waals surface area contributed by atoms with E-state index in [0.717, 1.165) is 32.1 Å². The largest absolute Gasteiger partial charge is 0.478 e. The highest BCUT2D eigenvalue weighted by Gasteiger charge is 2.20. The van der Waals surface area contributed by atoms with Gasteiger partial charge in [0.15, 0.2) is 0 Å². The lowest BCUT2D eigenvalue weighted by atomic mass is 9.84. The fourth-order valence-corrected chi connectivity index (χ4v) is 2.48. The Labute approximate surface area is 110 Å². The van der Waals surface area contributed by atoms with Crippen LogP contribution >= 0.6 is 0 Å². The van der Waals surface area contributed by atoms with Crippen LogP contribution in [0.4, 0.5) is 0 Å². The zero-order chi connectivity index (χ0) is 13.5. The summed E-state index contributed by atoms with van der Waals surface area (Å²) in [6, 6.07) is 0. The van der Waals surface area contributed by atoms with Crippen molar-refractivity contribution >= 4 is 5.97 Å². The van der Waals surface area contributed by atoms with Gasteiger partial charge in [-0.25, -0.2) is 4.79 Å². The highest BCUT2D eigenvalue weighted by atomic mass is 16.4. The van der Waals surface area contributed by atoms with Crippen molar-refractivity contribution in [1.29, 1.82) is 0 Å². The van der Waals surface area contributed by atoms with E-state index < -0.39 is 5.97 Å². The minimum Gasteiger partial charge on any atom is -0.478 e. The summed E-state index contributed by atoms with van der Waals surface area (Å²) in [6.45, 7) is 9.80. The third-order valence-corrected chi connectivity index (χ3v) is 3.89. The Balaban J connectivity index is 2.76. The molecule has 0 aromatic rings. The summed E-state index contributed by atoms with van der Waals surface area (Å²) in [5.74, 6) is -0.102. The van der Waals surface area contributed by atoms with E-state index in [4.69, 9.17) is 5.11 Å². The molecule has 0 radical (unpaired) electrons. The van der Waals surface area contributed by atoms with E-state index in [2.05, 4.69) is 26.2 Å². The highest BCUT2D eigenvalue weighted by molar-refractivity contribution is 5.86. The number of hydrogen-bond acceptors (Lipinski definition) is 1. The molecule has 0 saturated carbocycles. The lowest BCUT2D eigenvalue weighted by Crippen LogP contribution is -2.14. The fourth-order valence-electron chi connectivity index (χ4n) is 2.48. The molecule has 1 aliphatic rings. The molecule has 2 unspecified atom stereocenters. The van der Waals surface area contributed by atoms with Gasteiger partial charge in [0.05, 0.1) is 0 Å². The fraction of sp³-hybridized carbons (Fsp3) is 0.562. The van der Waals surface area contributed by atoms with Crippen LogP contribution in [0.15, 0.2) is 36.5 Å². The molecule has 18 heavy (non-hydrogen) atoms. The minimum atomic E-state index is -0.853. The van der Waals surface area contributed by atoms with Crippen molar-refractivity contribution in [2.24, 2.45) is 11.8 Å². The molecule has 0 saturated heterocycles. The minimum absolute atomic E-state index is 0.103. The van der Waals surface area contributed by atoms with Gasteiger partial charge in [-0.3, -0.25) is 0 Å². The molecule has 2 heteroatoms. The predicted molar refractivity (Wildman–Crippen MR) is 75.4 cm³/mol. The Kier molecular flexibility index (Phi) is 5.90. The molecule has 2 atom stereocenters. The molecule has 0 fully saturated rings. The molecule has 0 heterocycles. The van der Waals surface area contributed by atoms with E-state index in [1.165, 1.54) is 12.0 Å². The predicted octanol–water partition coefficient (Wildman–Crippen LogP) is 4.35. The van der Waals surface area contributed by atoms with Gasteiger partial charge in [0.1, 0.15) is 0 Å². The van der Waals surface area contributed by atoms with E-state index in [0.29, 0.717) is 11.5 Å². The number of allylic oxidation sites excluding steroid dienone is 3. The average Bonchev–Trinajstić information content (AvgIpc) is 2.35. The van der Waals surface area contributed by atoms with Crippen LogP contribution in [-0.2, 0) is 4.79 Å². The Hall–Kier alpha value is -1.31. The second-order valence-electron chi connectivity index (χ2n) is 5.31. The molecule has 0 spiro atoms. The third-order valence-electron chi connectivity index (χ3n) is 3.89. The van der Waals surface area contributed by atoms with E-state index in [9.17, 15) is 4.79 Å². The quantitative estimate of drug-likeness (QED) is 0.754. The van der Waals surface area contributed by atoms with Crippen molar-refractivity contribution < 1.29 is 9.90 Å². The van der Waals surface area contributed by atoms with Gasteiger partial charge >= 0.3 is 5.97 Å². The van der Waals surface area contributed by atoms with Crippen molar-refractivity contribution in [1.82, 2.24) is 0 Å². The summed E-state index contributed by atoms with van der Waals surface area (Å²) in [4.78, 5) is 11.0. The molecular weight excluding hydrogens is 224 g/mol. The summed E-state index contributed by atoms with van der Waals surface area (Å²) in [5, 5.41) is 9.08. The highest BCUT2D eigenvalue weighted by Crippen LogP contribution is 2.29. The van der Waals surface area contributed by atoms with E-state index in [1.807, 2.05) is 6.08 Å². The van der Waals surface area contributed by atoms with Gasteiger partial charge in [-0.05, 0) is 43.9 Å². The molecule has 0 aromatic heterocycles.